The predicted octanol–water partition coefficient (Wildman–Crippen LogP) is 4.79. The van der Waals surface area contributed by atoms with E-state index in [0.29, 0.717) is 46.6 Å². The SMILES string of the molecule is CCCCN(c1ccc(Cl)cc1-c1nnc(-c2cocn2)n1C)S(=O)(=O)c1ccccc1. The summed E-state index contributed by atoms with van der Waals surface area (Å²) in [6.07, 6.45) is 4.31. The van der Waals surface area contributed by atoms with Gasteiger partial charge in [0.2, 0.25) is 0 Å². The number of benzene rings is 2. The van der Waals surface area contributed by atoms with Crippen molar-refractivity contribution in [3.63, 3.8) is 0 Å². The smallest absolute Gasteiger partial charge is 0.264 e. The van der Waals surface area contributed by atoms with Crippen LogP contribution in [0.3, 0.4) is 0 Å². The molecule has 0 saturated carbocycles. The fourth-order valence-electron chi connectivity index (χ4n) is 3.41. The highest BCUT2D eigenvalue weighted by molar-refractivity contribution is 7.92. The van der Waals surface area contributed by atoms with Crippen molar-refractivity contribution in [3.8, 4) is 22.9 Å². The molecule has 2 heterocycles. The number of anilines is 1. The van der Waals surface area contributed by atoms with Gasteiger partial charge in [0.05, 0.1) is 10.6 Å². The molecular formula is C22H22ClN5O3S. The van der Waals surface area contributed by atoms with E-state index in [1.54, 1.807) is 60.1 Å². The molecule has 166 valence electrons. The Morgan fingerprint density at radius 2 is 1.84 bits per heavy atom. The maximum Gasteiger partial charge on any atom is 0.264 e. The molecule has 0 radical (unpaired) electrons. The number of hydrogen-bond acceptors (Lipinski definition) is 6. The van der Waals surface area contributed by atoms with Gasteiger partial charge in [-0.1, -0.05) is 43.1 Å². The van der Waals surface area contributed by atoms with E-state index in [0.717, 1.165) is 6.42 Å². The average molecular weight is 472 g/mol. The third kappa shape index (κ3) is 4.13. The molecule has 4 aromatic rings. The number of halogens is 1. The molecule has 0 spiro atoms. The van der Waals surface area contributed by atoms with E-state index in [-0.39, 0.29) is 4.90 Å². The first-order chi connectivity index (χ1) is 15.4. The summed E-state index contributed by atoms with van der Waals surface area (Å²) < 4.78 is 35.4. The molecule has 0 bridgehead atoms. The van der Waals surface area contributed by atoms with Gasteiger partial charge in [0.15, 0.2) is 18.0 Å². The molecule has 0 atom stereocenters. The zero-order chi connectivity index (χ0) is 22.7. The van der Waals surface area contributed by atoms with Gasteiger partial charge >= 0.3 is 0 Å². The molecular weight excluding hydrogens is 450 g/mol. The zero-order valence-corrected chi connectivity index (χ0v) is 19.2. The Morgan fingerprint density at radius 1 is 1.09 bits per heavy atom. The van der Waals surface area contributed by atoms with Gasteiger partial charge in [-0.3, -0.25) is 4.31 Å². The summed E-state index contributed by atoms with van der Waals surface area (Å²) in [6.45, 7) is 2.33. The highest BCUT2D eigenvalue weighted by atomic mass is 35.5. The summed E-state index contributed by atoms with van der Waals surface area (Å²) in [5.74, 6) is 0.955. The summed E-state index contributed by atoms with van der Waals surface area (Å²) in [7, 11) is -2.03. The molecule has 2 aromatic carbocycles. The molecule has 0 amide bonds. The standard InChI is InChI=1S/C22H22ClN5O3S/c1-3-4-12-28(32(29,30)17-8-6-5-7-9-17)20-11-10-16(23)13-18(20)21-25-26-22(27(21)2)19-14-31-15-24-19/h5-11,13-15H,3-4,12H2,1-2H3. The van der Waals surface area contributed by atoms with Crippen molar-refractivity contribution >= 4 is 27.3 Å². The molecule has 0 aliphatic carbocycles. The second-order valence-electron chi connectivity index (χ2n) is 7.19. The Bertz CT molecular complexity index is 1300. The second kappa shape index (κ2) is 9.13. The van der Waals surface area contributed by atoms with E-state index in [2.05, 4.69) is 15.2 Å². The average Bonchev–Trinajstić information content (AvgIpc) is 3.45. The number of rotatable bonds is 8. The number of sulfonamides is 1. The van der Waals surface area contributed by atoms with E-state index in [9.17, 15) is 8.42 Å². The zero-order valence-electron chi connectivity index (χ0n) is 17.6. The summed E-state index contributed by atoms with van der Waals surface area (Å²) in [6, 6.07) is 13.5. The minimum atomic E-state index is -3.81. The number of unbranched alkanes of at least 4 members (excludes halogenated alkanes) is 1. The van der Waals surface area contributed by atoms with Gasteiger partial charge < -0.3 is 8.98 Å². The van der Waals surface area contributed by atoms with Crippen molar-refractivity contribution < 1.29 is 12.8 Å². The molecule has 8 nitrogen and oxygen atoms in total. The molecule has 0 aliphatic heterocycles. The summed E-state index contributed by atoms with van der Waals surface area (Å²) in [5, 5.41) is 9.00. The van der Waals surface area contributed by atoms with Crippen molar-refractivity contribution in [2.75, 3.05) is 10.8 Å². The van der Waals surface area contributed by atoms with Gasteiger partial charge in [-0.25, -0.2) is 13.4 Å². The minimum absolute atomic E-state index is 0.221. The molecule has 32 heavy (non-hydrogen) atoms. The van der Waals surface area contributed by atoms with Crippen LogP contribution in [0.1, 0.15) is 19.8 Å². The van der Waals surface area contributed by atoms with E-state index in [1.807, 2.05) is 6.92 Å². The Labute approximate surface area is 191 Å². The normalized spacial score (nSPS) is 11.6. The Balaban J connectivity index is 1.88. The lowest BCUT2D eigenvalue weighted by atomic mass is 10.1. The number of hydrogen-bond donors (Lipinski definition) is 0. The largest absolute Gasteiger partial charge is 0.451 e. The number of nitrogens with zero attached hydrogens (tertiary/aromatic N) is 5. The lowest BCUT2D eigenvalue weighted by Gasteiger charge is -2.26. The lowest BCUT2D eigenvalue weighted by molar-refractivity contribution is 0.558. The van der Waals surface area contributed by atoms with E-state index in [4.69, 9.17) is 16.0 Å². The summed E-state index contributed by atoms with van der Waals surface area (Å²) in [5.41, 5.74) is 1.56. The molecule has 0 unspecified atom stereocenters. The summed E-state index contributed by atoms with van der Waals surface area (Å²) >= 11 is 6.31. The van der Waals surface area contributed by atoms with Crippen LogP contribution in [0.4, 0.5) is 5.69 Å². The highest BCUT2D eigenvalue weighted by Crippen LogP contribution is 2.36. The van der Waals surface area contributed by atoms with Crippen LogP contribution in [0.2, 0.25) is 5.02 Å². The van der Waals surface area contributed by atoms with Crippen molar-refractivity contribution in [3.05, 3.63) is 66.2 Å². The molecule has 0 saturated heterocycles. The first kappa shape index (κ1) is 22.0. The van der Waals surface area contributed by atoms with E-state index in [1.165, 1.54) is 17.0 Å². The van der Waals surface area contributed by atoms with Crippen LogP contribution in [0.25, 0.3) is 22.9 Å². The Kier molecular flexibility index (Phi) is 6.29. The molecule has 0 fully saturated rings. The third-order valence-electron chi connectivity index (χ3n) is 5.05. The number of aromatic nitrogens is 4. The fraction of sp³-hybridized carbons (Fsp3) is 0.227. The maximum atomic E-state index is 13.6. The van der Waals surface area contributed by atoms with Gasteiger partial charge in [-0.15, -0.1) is 10.2 Å². The van der Waals surface area contributed by atoms with Gasteiger partial charge in [0, 0.05) is 24.2 Å². The molecule has 2 aromatic heterocycles. The molecule has 0 aliphatic rings. The van der Waals surface area contributed by atoms with Crippen molar-refractivity contribution in [1.29, 1.82) is 0 Å². The lowest BCUT2D eigenvalue weighted by Crippen LogP contribution is -2.32. The van der Waals surface area contributed by atoms with Crippen LogP contribution in [0.15, 0.2) is 70.5 Å². The van der Waals surface area contributed by atoms with E-state index < -0.39 is 10.0 Å². The highest BCUT2D eigenvalue weighted by Gasteiger charge is 2.28. The molecule has 10 heteroatoms. The van der Waals surface area contributed by atoms with Crippen LogP contribution in [0, 0.1) is 0 Å². The van der Waals surface area contributed by atoms with Gasteiger partial charge in [0.25, 0.3) is 10.0 Å². The Morgan fingerprint density at radius 3 is 2.53 bits per heavy atom. The second-order valence-corrected chi connectivity index (χ2v) is 9.48. The van der Waals surface area contributed by atoms with Crippen molar-refractivity contribution in [2.45, 2.75) is 24.7 Å². The van der Waals surface area contributed by atoms with Crippen LogP contribution < -0.4 is 4.31 Å². The van der Waals surface area contributed by atoms with Gasteiger partial charge in [-0.2, -0.15) is 0 Å². The minimum Gasteiger partial charge on any atom is -0.451 e. The summed E-state index contributed by atoms with van der Waals surface area (Å²) in [4.78, 5) is 4.35. The number of oxazole rings is 1. The van der Waals surface area contributed by atoms with Crippen molar-refractivity contribution in [1.82, 2.24) is 19.7 Å². The molecule has 4 rings (SSSR count). The topological polar surface area (TPSA) is 94.1 Å². The maximum absolute atomic E-state index is 13.6. The predicted molar refractivity (Wildman–Crippen MR) is 123 cm³/mol. The monoisotopic (exact) mass is 471 g/mol. The quantitative estimate of drug-likeness (QED) is 0.367. The van der Waals surface area contributed by atoms with E-state index >= 15 is 0 Å². The fourth-order valence-corrected chi connectivity index (χ4v) is 5.12. The third-order valence-corrected chi connectivity index (χ3v) is 7.11. The first-order valence-electron chi connectivity index (χ1n) is 10.1. The molecule has 0 N–H and O–H groups in total. The van der Waals surface area contributed by atoms with Gasteiger partial charge in [-0.05, 0) is 36.8 Å². The van der Waals surface area contributed by atoms with Crippen LogP contribution in [-0.2, 0) is 17.1 Å². The van der Waals surface area contributed by atoms with Crippen LogP contribution >= 0.6 is 11.6 Å². The van der Waals surface area contributed by atoms with Crippen LogP contribution in [0.5, 0.6) is 0 Å². The van der Waals surface area contributed by atoms with Gasteiger partial charge in [0.1, 0.15) is 12.0 Å². The first-order valence-corrected chi connectivity index (χ1v) is 11.9. The van der Waals surface area contributed by atoms with Crippen molar-refractivity contribution in [2.24, 2.45) is 7.05 Å². The Hall–Kier alpha value is -3.17. The van der Waals surface area contributed by atoms with Crippen LogP contribution in [-0.4, -0.2) is 34.7 Å².